The number of nitrogens with zero attached hydrogens (tertiary/aromatic N) is 3. The largest absolute Gasteiger partial charge is 0.345 e. The molecule has 1 aliphatic rings. The van der Waals surface area contributed by atoms with Crippen LogP contribution in [0.2, 0.25) is 0 Å². The zero-order valence-electron chi connectivity index (χ0n) is 14.9. The highest BCUT2D eigenvalue weighted by molar-refractivity contribution is 7.09. The number of rotatable bonds is 4. The average molecular weight is 360 g/mol. The predicted molar refractivity (Wildman–Crippen MR) is 97.4 cm³/mol. The van der Waals surface area contributed by atoms with Crippen LogP contribution < -0.4 is 5.32 Å². The second-order valence-electron chi connectivity index (χ2n) is 6.47. The molecule has 6 nitrogen and oxygen atoms in total. The number of hydrogen-bond acceptors (Lipinski definition) is 4. The van der Waals surface area contributed by atoms with Gasteiger partial charge >= 0.3 is 0 Å². The zero-order valence-corrected chi connectivity index (χ0v) is 15.7. The van der Waals surface area contributed by atoms with Crippen LogP contribution in [0.4, 0.5) is 0 Å². The maximum absolute atomic E-state index is 12.5. The molecule has 0 bridgehead atoms. The van der Waals surface area contributed by atoms with Crippen LogP contribution in [-0.2, 0) is 18.4 Å². The number of aromatic nitrogens is 2. The Hall–Kier alpha value is -2.15. The van der Waals surface area contributed by atoms with Crippen LogP contribution in [0.25, 0.3) is 0 Å². The smallest absolute Gasteiger partial charge is 0.268 e. The first-order valence-electron chi connectivity index (χ1n) is 8.59. The standard InChI is InChI=1S/C18H24N4O2S/c1-12-20-14(11-25-12)10-19-18(24)17-8-7-15(21(17)3)16-6-4-5-9-22(16)13(2)23/h7-8,11,16H,4-6,9-10H2,1-3H3,(H,19,24)/t16-/m1/s1. The SMILES string of the molecule is CC(=O)N1CCCC[C@@H]1c1ccc(C(=O)NCc2csc(C)n2)n1C. The number of carbonyl (C=O) groups excluding carboxylic acids is 2. The number of likely N-dealkylation sites (tertiary alicyclic amines) is 1. The van der Waals surface area contributed by atoms with E-state index in [4.69, 9.17) is 0 Å². The van der Waals surface area contributed by atoms with E-state index in [1.807, 2.05) is 41.0 Å². The van der Waals surface area contributed by atoms with Crippen molar-refractivity contribution in [2.75, 3.05) is 6.54 Å². The minimum Gasteiger partial charge on any atom is -0.345 e. The van der Waals surface area contributed by atoms with Gasteiger partial charge in [-0.2, -0.15) is 0 Å². The lowest BCUT2D eigenvalue weighted by molar-refractivity contribution is -0.132. The van der Waals surface area contributed by atoms with Crippen LogP contribution in [-0.4, -0.2) is 32.8 Å². The molecule has 7 heteroatoms. The Morgan fingerprint density at radius 1 is 1.36 bits per heavy atom. The summed E-state index contributed by atoms with van der Waals surface area (Å²) in [6.07, 6.45) is 3.09. The summed E-state index contributed by atoms with van der Waals surface area (Å²) < 4.78 is 1.91. The van der Waals surface area contributed by atoms with Crippen LogP contribution >= 0.6 is 11.3 Å². The molecule has 0 aromatic carbocycles. The molecular weight excluding hydrogens is 336 g/mol. The lowest BCUT2D eigenvalue weighted by Crippen LogP contribution is -2.38. The number of aryl methyl sites for hydroxylation is 1. The van der Waals surface area contributed by atoms with E-state index in [1.54, 1.807) is 18.3 Å². The van der Waals surface area contributed by atoms with Crippen molar-refractivity contribution in [1.82, 2.24) is 19.8 Å². The Morgan fingerprint density at radius 3 is 2.84 bits per heavy atom. The molecule has 0 saturated carbocycles. The van der Waals surface area contributed by atoms with Crippen molar-refractivity contribution in [2.45, 2.75) is 45.7 Å². The van der Waals surface area contributed by atoms with Crippen molar-refractivity contribution in [3.8, 4) is 0 Å². The molecule has 25 heavy (non-hydrogen) atoms. The van der Waals surface area contributed by atoms with E-state index in [0.717, 1.165) is 42.2 Å². The summed E-state index contributed by atoms with van der Waals surface area (Å²) in [4.78, 5) is 30.7. The lowest BCUT2D eigenvalue weighted by Gasteiger charge is -2.35. The fraction of sp³-hybridized carbons (Fsp3) is 0.500. The Bertz CT molecular complexity index is 780. The molecule has 1 aliphatic heterocycles. The first-order chi connectivity index (χ1) is 12.0. The topological polar surface area (TPSA) is 67.2 Å². The van der Waals surface area contributed by atoms with E-state index in [1.165, 1.54) is 0 Å². The van der Waals surface area contributed by atoms with E-state index in [-0.39, 0.29) is 17.9 Å². The van der Waals surface area contributed by atoms with Crippen molar-refractivity contribution in [3.05, 3.63) is 39.6 Å². The zero-order chi connectivity index (χ0) is 18.0. The maximum Gasteiger partial charge on any atom is 0.268 e. The first kappa shape index (κ1) is 17.7. The van der Waals surface area contributed by atoms with E-state index in [9.17, 15) is 9.59 Å². The van der Waals surface area contributed by atoms with E-state index in [2.05, 4.69) is 10.3 Å². The van der Waals surface area contributed by atoms with Gasteiger partial charge < -0.3 is 14.8 Å². The van der Waals surface area contributed by atoms with Crippen molar-refractivity contribution < 1.29 is 9.59 Å². The lowest BCUT2D eigenvalue weighted by atomic mass is 9.99. The molecule has 0 unspecified atom stereocenters. The van der Waals surface area contributed by atoms with Crippen LogP contribution in [0, 0.1) is 6.92 Å². The summed E-state index contributed by atoms with van der Waals surface area (Å²) >= 11 is 1.58. The Morgan fingerprint density at radius 2 is 2.16 bits per heavy atom. The van der Waals surface area contributed by atoms with Gasteiger partial charge in [0.15, 0.2) is 0 Å². The molecular formula is C18H24N4O2S. The molecule has 2 aromatic heterocycles. The van der Waals surface area contributed by atoms with Crippen molar-refractivity contribution in [3.63, 3.8) is 0 Å². The highest BCUT2D eigenvalue weighted by Crippen LogP contribution is 2.31. The average Bonchev–Trinajstić information content (AvgIpc) is 3.18. The molecule has 1 N–H and O–H groups in total. The van der Waals surface area contributed by atoms with Crippen LogP contribution in [0.1, 0.15) is 59.1 Å². The second kappa shape index (κ2) is 7.39. The third-order valence-electron chi connectivity index (χ3n) is 4.74. The van der Waals surface area contributed by atoms with Gasteiger partial charge in [-0.1, -0.05) is 0 Å². The van der Waals surface area contributed by atoms with Gasteiger partial charge in [0, 0.05) is 31.6 Å². The van der Waals surface area contributed by atoms with Crippen molar-refractivity contribution in [2.24, 2.45) is 7.05 Å². The number of amides is 2. The number of hydrogen-bond donors (Lipinski definition) is 1. The van der Waals surface area contributed by atoms with Gasteiger partial charge in [0.1, 0.15) is 5.69 Å². The monoisotopic (exact) mass is 360 g/mol. The predicted octanol–water partition coefficient (Wildman–Crippen LogP) is 2.79. The van der Waals surface area contributed by atoms with Gasteiger partial charge in [0.05, 0.1) is 23.3 Å². The summed E-state index contributed by atoms with van der Waals surface area (Å²) in [5, 5.41) is 5.87. The van der Waals surface area contributed by atoms with Crippen molar-refractivity contribution >= 4 is 23.2 Å². The minimum atomic E-state index is -0.121. The minimum absolute atomic E-state index is 0.0546. The first-order valence-corrected chi connectivity index (χ1v) is 9.47. The van der Waals surface area contributed by atoms with Crippen LogP contribution in [0.5, 0.6) is 0 Å². The summed E-state index contributed by atoms with van der Waals surface area (Å²) in [7, 11) is 1.89. The van der Waals surface area contributed by atoms with E-state index < -0.39 is 0 Å². The molecule has 1 saturated heterocycles. The Balaban J connectivity index is 1.73. The fourth-order valence-corrected chi connectivity index (χ4v) is 4.07. The van der Waals surface area contributed by atoms with Gasteiger partial charge in [-0.3, -0.25) is 9.59 Å². The maximum atomic E-state index is 12.5. The quantitative estimate of drug-likeness (QED) is 0.912. The van der Waals surface area contributed by atoms with Gasteiger partial charge in [0.25, 0.3) is 5.91 Å². The molecule has 0 radical (unpaired) electrons. The summed E-state index contributed by atoms with van der Waals surface area (Å²) in [6, 6.07) is 3.86. The molecule has 1 fully saturated rings. The Kier molecular flexibility index (Phi) is 5.22. The molecule has 2 aromatic rings. The molecule has 2 amide bonds. The highest BCUT2D eigenvalue weighted by atomic mass is 32.1. The molecule has 0 spiro atoms. The van der Waals surface area contributed by atoms with Gasteiger partial charge in [-0.25, -0.2) is 4.98 Å². The van der Waals surface area contributed by atoms with E-state index in [0.29, 0.717) is 12.2 Å². The molecule has 134 valence electrons. The number of piperidine rings is 1. The summed E-state index contributed by atoms with van der Waals surface area (Å²) in [5.41, 5.74) is 2.50. The van der Waals surface area contributed by atoms with Crippen molar-refractivity contribution in [1.29, 1.82) is 0 Å². The third kappa shape index (κ3) is 3.76. The molecule has 3 heterocycles. The molecule has 0 aliphatic carbocycles. The van der Waals surface area contributed by atoms with E-state index >= 15 is 0 Å². The molecule has 3 rings (SSSR count). The number of carbonyl (C=O) groups is 2. The normalized spacial score (nSPS) is 17.6. The van der Waals surface area contributed by atoms with Gasteiger partial charge in [0.2, 0.25) is 5.91 Å². The fourth-order valence-electron chi connectivity index (χ4n) is 3.46. The highest BCUT2D eigenvalue weighted by Gasteiger charge is 2.28. The van der Waals surface area contributed by atoms with Crippen LogP contribution in [0.15, 0.2) is 17.5 Å². The van der Waals surface area contributed by atoms with Crippen LogP contribution in [0.3, 0.4) is 0 Å². The third-order valence-corrected chi connectivity index (χ3v) is 5.56. The number of thiazole rings is 1. The Labute approximate surface area is 151 Å². The number of nitrogens with one attached hydrogen (secondary N) is 1. The summed E-state index contributed by atoms with van der Waals surface area (Å²) in [6.45, 7) is 4.78. The van der Waals surface area contributed by atoms with Gasteiger partial charge in [-0.15, -0.1) is 11.3 Å². The van der Waals surface area contributed by atoms with Gasteiger partial charge in [-0.05, 0) is 38.3 Å². The second-order valence-corrected chi connectivity index (χ2v) is 7.53. The summed E-state index contributed by atoms with van der Waals surface area (Å²) in [5.74, 6) is -0.0274. The molecule has 1 atom stereocenters.